The number of benzene rings is 1. The van der Waals surface area contributed by atoms with Crippen molar-refractivity contribution in [3.8, 4) is 0 Å². The molecule has 23 heavy (non-hydrogen) atoms. The minimum atomic E-state index is -1.04. The fourth-order valence-corrected chi connectivity index (χ4v) is 2.11. The molecule has 1 amide bonds. The number of aliphatic carboxylic acids is 1. The van der Waals surface area contributed by atoms with Gasteiger partial charge in [-0.1, -0.05) is 43.2 Å². The average Bonchev–Trinajstić information content (AvgIpc) is 2.52. The first-order chi connectivity index (χ1) is 11.0. The number of carboxylic acid groups (broad SMARTS) is 1. The maximum atomic E-state index is 11.6. The van der Waals surface area contributed by atoms with Crippen LogP contribution in [-0.4, -0.2) is 29.0 Å². The molecule has 0 radical (unpaired) electrons. The third-order valence-corrected chi connectivity index (χ3v) is 3.29. The molecule has 0 aromatic heterocycles. The van der Waals surface area contributed by atoms with Crippen LogP contribution in [0.15, 0.2) is 30.3 Å². The molecule has 1 aromatic carbocycles. The summed E-state index contributed by atoms with van der Waals surface area (Å²) in [6, 6.07) is 8.59. The van der Waals surface area contributed by atoms with Crippen LogP contribution in [0.25, 0.3) is 0 Å². The minimum absolute atomic E-state index is 0.259. The zero-order valence-electron chi connectivity index (χ0n) is 13.3. The molecule has 0 aliphatic heterocycles. The lowest BCUT2D eigenvalue weighted by atomic mass is 10.1. The van der Waals surface area contributed by atoms with E-state index in [1.807, 2.05) is 30.3 Å². The standard InChI is InChI=1S/C17H23NO5/c1-13(19)18-15(17(21)22)10-6-3-7-11-16(20)23-12-14-8-4-2-5-9-14/h2,4-5,8-9,15H,3,6-7,10-12H2,1H3,(H,18,19)(H,21,22)/t15-/m0/s1. The van der Waals surface area contributed by atoms with Crippen LogP contribution in [0.4, 0.5) is 0 Å². The monoisotopic (exact) mass is 321 g/mol. The van der Waals surface area contributed by atoms with Crippen molar-refractivity contribution in [1.29, 1.82) is 0 Å². The Hall–Kier alpha value is -2.37. The lowest BCUT2D eigenvalue weighted by Gasteiger charge is -2.12. The van der Waals surface area contributed by atoms with Crippen LogP contribution in [0.3, 0.4) is 0 Å². The van der Waals surface area contributed by atoms with E-state index in [1.54, 1.807) is 0 Å². The molecule has 0 spiro atoms. The highest BCUT2D eigenvalue weighted by Gasteiger charge is 2.17. The van der Waals surface area contributed by atoms with Crippen molar-refractivity contribution in [3.63, 3.8) is 0 Å². The van der Waals surface area contributed by atoms with E-state index in [0.717, 1.165) is 5.56 Å². The summed E-state index contributed by atoms with van der Waals surface area (Å²) in [6.45, 7) is 1.56. The van der Waals surface area contributed by atoms with Gasteiger partial charge in [-0.05, 0) is 18.4 Å². The zero-order valence-corrected chi connectivity index (χ0v) is 13.3. The third-order valence-electron chi connectivity index (χ3n) is 3.29. The van der Waals surface area contributed by atoms with Gasteiger partial charge < -0.3 is 15.2 Å². The molecule has 6 nitrogen and oxygen atoms in total. The van der Waals surface area contributed by atoms with Gasteiger partial charge in [-0.2, -0.15) is 0 Å². The molecule has 1 rings (SSSR count). The SMILES string of the molecule is CC(=O)N[C@@H](CCCCCC(=O)OCc1ccccc1)C(=O)O. The van der Waals surface area contributed by atoms with Crippen molar-refractivity contribution >= 4 is 17.8 Å². The number of carbonyl (C=O) groups is 3. The van der Waals surface area contributed by atoms with E-state index < -0.39 is 12.0 Å². The normalized spacial score (nSPS) is 11.5. The van der Waals surface area contributed by atoms with Gasteiger partial charge in [-0.3, -0.25) is 9.59 Å². The Morgan fingerprint density at radius 3 is 2.43 bits per heavy atom. The molecule has 0 saturated heterocycles. The van der Waals surface area contributed by atoms with Crippen molar-refractivity contribution in [1.82, 2.24) is 5.32 Å². The summed E-state index contributed by atoms with van der Waals surface area (Å²) in [5.41, 5.74) is 0.945. The molecule has 1 atom stereocenters. The topological polar surface area (TPSA) is 92.7 Å². The number of esters is 1. The average molecular weight is 321 g/mol. The number of hydrogen-bond donors (Lipinski definition) is 2. The highest BCUT2D eigenvalue weighted by Crippen LogP contribution is 2.08. The quantitative estimate of drug-likeness (QED) is 0.509. The highest BCUT2D eigenvalue weighted by molar-refractivity contribution is 5.81. The number of carbonyl (C=O) groups excluding carboxylic acids is 2. The fourth-order valence-electron chi connectivity index (χ4n) is 2.11. The van der Waals surface area contributed by atoms with Crippen LogP contribution in [0, 0.1) is 0 Å². The van der Waals surface area contributed by atoms with Crippen molar-refractivity contribution in [2.24, 2.45) is 0 Å². The van der Waals surface area contributed by atoms with E-state index in [1.165, 1.54) is 6.92 Å². The molecule has 0 bridgehead atoms. The first-order valence-corrected chi connectivity index (χ1v) is 7.68. The number of carboxylic acids is 1. The summed E-state index contributed by atoms with van der Waals surface area (Å²) in [4.78, 5) is 33.4. The van der Waals surface area contributed by atoms with Gasteiger partial charge in [0.25, 0.3) is 0 Å². The number of nitrogens with one attached hydrogen (secondary N) is 1. The Morgan fingerprint density at radius 1 is 1.13 bits per heavy atom. The highest BCUT2D eigenvalue weighted by atomic mass is 16.5. The second-order valence-corrected chi connectivity index (χ2v) is 5.34. The molecule has 6 heteroatoms. The van der Waals surface area contributed by atoms with E-state index in [-0.39, 0.29) is 18.5 Å². The lowest BCUT2D eigenvalue weighted by molar-refractivity contribution is -0.145. The van der Waals surface area contributed by atoms with Crippen LogP contribution in [0.5, 0.6) is 0 Å². The number of hydrogen-bond acceptors (Lipinski definition) is 4. The Kier molecular flexibility index (Phi) is 8.42. The summed E-state index contributed by atoms with van der Waals surface area (Å²) >= 11 is 0. The summed E-state index contributed by atoms with van der Waals surface area (Å²) in [6.07, 6.45) is 2.64. The Labute approximate surface area is 135 Å². The number of rotatable bonds is 10. The predicted octanol–water partition coefficient (Wildman–Crippen LogP) is 2.27. The van der Waals surface area contributed by atoms with Crippen molar-refractivity contribution in [2.75, 3.05) is 0 Å². The third kappa shape index (κ3) is 8.60. The molecule has 0 saturated carbocycles. The van der Waals surface area contributed by atoms with Gasteiger partial charge in [0.1, 0.15) is 12.6 Å². The Bertz CT molecular complexity index is 515. The fraction of sp³-hybridized carbons (Fsp3) is 0.471. The lowest BCUT2D eigenvalue weighted by Crippen LogP contribution is -2.39. The molecule has 0 heterocycles. The summed E-state index contributed by atoms with van der Waals surface area (Å²) < 4.78 is 5.16. The second kappa shape index (κ2) is 10.4. The second-order valence-electron chi connectivity index (χ2n) is 5.34. The van der Waals surface area contributed by atoms with Gasteiger partial charge in [0.2, 0.25) is 5.91 Å². The van der Waals surface area contributed by atoms with Crippen LogP contribution < -0.4 is 5.32 Å². The Balaban J connectivity index is 2.12. The van der Waals surface area contributed by atoms with Gasteiger partial charge >= 0.3 is 11.9 Å². The van der Waals surface area contributed by atoms with Gasteiger partial charge in [0, 0.05) is 13.3 Å². The van der Waals surface area contributed by atoms with Gasteiger partial charge in [-0.25, -0.2) is 4.79 Å². The maximum Gasteiger partial charge on any atom is 0.326 e. The maximum absolute atomic E-state index is 11.6. The molecule has 0 aliphatic rings. The minimum Gasteiger partial charge on any atom is -0.480 e. The van der Waals surface area contributed by atoms with Crippen LogP contribution in [-0.2, 0) is 25.7 Å². The van der Waals surface area contributed by atoms with Crippen molar-refractivity contribution in [2.45, 2.75) is 51.7 Å². The van der Waals surface area contributed by atoms with E-state index in [0.29, 0.717) is 32.1 Å². The summed E-state index contributed by atoms with van der Waals surface area (Å²) in [7, 11) is 0. The zero-order chi connectivity index (χ0) is 17.1. The van der Waals surface area contributed by atoms with Gasteiger partial charge in [0.05, 0.1) is 0 Å². The van der Waals surface area contributed by atoms with Crippen LogP contribution >= 0.6 is 0 Å². The van der Waals surface area contributed by atoms with E-state index in [4.69, 9.17) is 9.84 Å². The first kappa shape index (κ1) is 18.7. The van der Waals surface area contributed by atoms with Crippen molar-refractivity contribution < 1.29 is 24.2 Å². The van der Waals surface area contributed by atoms with Crippen LogP contribution in [0.2, 0.25) is 0 Å². The molecule has 0 aliphatic carbocycles. The number of unbranched alkanes of at least 4 members (excludes halogenated alkanes) is 2. The summed E-state index contributed by atoms with van der Waals surface area (Å²) in [5.74, 6) is -1.66. The number of amides is 1. The van der Waals surface area contributed by atoms with Crippen molar-refractivity contribution in [3.05, 3.63) is 35.9 Å². The molecule has 1 aromatic rings. The van der Waals surface area contributed by atoms with Crippen LogP contribution in [0.1, 0.15) is 44.6 Å². The van der Waals surface area contributed by atoms with Gasteiger partial charge in [-0.15, -0.1) is 0 Å². The molecular weight excluding hydrogens is 298 g/mol. The number of ether oxygens (including phenoxy) is 1. The molecule has 0 unspecified atom stereocenters. The molecule has 2 N–H and O–H groups in total. The van der Waals surface area contributed by atoms with Gasteiger partial charge in [0.15, 0.2) is 0 Å². The smallest absolute Gasteiger partial charge is 0.326 e. The predicted molar refractivity (Wildman–Crippen MR) is 84.6 cm³/mol. The largest absolute Gasteiger partial charge is 0.480 e. The van der Waals surface area contributed by atoms with E-state index >= 15 is 0 Å². The first-order valence-electron chi connectivity index (χ1n) is 7.68. The van der Waals surface area contributed by atoms with E-state index in [9.17, 15) is 14.4 Å². The molecular formula is C17H23NO5. The molecule has 126 valence electrons. The van der Waals surface area contributed by atoms with E-state index in [2.05, 4.69) is 5.32 Å². The molecule has 0 fully saturated rings. The Morgan fingerprint density at radius 2 is 1.83 bits per heavy atom. The summed E-state index contributed by atoms with van der Waals surface area (Å²) in [5, 5.41) is 11.3.